The second kappa shape index (κ2) is 7.44. The number of carbonyl (C=O) groups excluding carboxylic acids is 2. The molecule has 0 aliphatic heterocycles. The van der Waals surface area contributed by atoms with Crippen LogP contribution in [0.5, 0.6) is 5.75 Å². The standard InChI is InChI=1S/C17H16BrFN2O3/c1-2-6-24-13-8-9(18)7-12(19)15(13)14-10(16(20)22)4-3-5-11(14)17(21)23/h3-5,7-8H,2,6H2,1H3,(H2,20,22)(H2,21,23). The van der Waals surface area contributed by atoms with Gasteiger partial charge in [-0.25, -0.2) is 4.39 Å². The maximum atomic E-state index is 14.7. The molecule has 24 heavy (non-hydrogen) atoms. The van der Waals surface area contributed by atoms with Gasteiger partial charge in [0.25, 0.3) is 0 Å². The van der Waals surface area contributed by atoms with Gasteiger partial charge in [-0.1, -0.05) is 28.9 Å². The van der Waals surface area contributed by atoms with E-state index in [2.05, 4.69) is 15.9 Å². The average molecular weight is 395 g/mol. The number of rotatable bonds is 6. The van der Waals surface area contributed by atoms with E-state index in [0.717, 1.165) is 0 Å². The van der Waals surface area contributed by atoms with Crippen LogP contribution in [0, 0.1) is 5.82 Å². The molecule has 0 bridgehead atoms. The number of ether oxygens (including phenoxy) is 1. The number of halogens is 2. The van der Waals surface area contributed by atoms with Crippen LogP contribution in [0.1, 0.15) is 34.1 Å². The molecule has 0 radical (unpaired) electrons. The maximum absolute atomic E-state index is 14.7. The summed E-state index contributed by atoms with van der Waals surface area (Å²) in [6.07, 6.45) is 0.702. The molecule has 0 atom stereocenters. The van der Waals surface area contributed by atoms with E-state index in [1.807, 2.05) is 6.92 Å². The topological polar surface area (TPSA) is 95.4 Å². The largest absolute Gasteiger partial charge is 0.493 e. The van der Waals surface area contributed by atoms with Crippen molar-refractivity contribution in [3.63, 3.8) is 0 Å². The molecule has 5 nitrogen and oxygen atoms in total. The fraction of sp³-hybridized carbons (Fsp3) is 0.176. The first-order valence-corrected chi connectivity index (χ1v) is 8.01. The van der Waals surface area contributed by atoms with Crippen molar-refractivity contribution in [2.45, 2.75) is 13.3 Å². The highest BCUT2D eigenvalue weighted by Gasteiger charge is 2.24. The lowest BCUT2D eigenvalue weighted by atomic mass is 9.92. The zero-order valence-electron chi connectivity index (χ0n) is 12.9. The molecule has 0 fully saturated rings. The van der Waals surface area contributed by atoms with Crippen molar-refractivity contribution in [2.75, 3.05) is 6.61 Å². The van der Waals surface area contributed by atoms with Gasteiger partial charge in [-0.3, -0.25) is 9.59 Å². The Bertz CT molecular complexity index is 776. The van der Waals surface area contributed by atoms with Gasteiger partial charge in [0, 0.05) is 21.2 Å². The first kappa shape index (κ1) is 17.9. The lowest BCUT2D eigenvalue weighted by Gasteiger charge is -2.17. The predicted molar refractivity (Wildman–Crippen MR) is 92.4 cm³/mol. The maximum Gasteiger partial charge on any atom is 0.249 e. The van der Waals surface area contributed by atoms with Crippen molar-refractivity contribution in [1.82, 2.24) is 0 Å². The van der Waals surface area contributed by atoms with E-state index in [1.165, 1.54) is 24.3 Å². The van der Waals surface area contributed by atoms with Crippen molar-refractivity contribution < 1.29 is 18.7 Å². The summed E-state index contributed by atoms with van der Waals surface area (Å²) in [5, 5.41) is 0. The first-order valence-electron chi connectivity index (χ1n) is 7.21. The third-order valence-corrected chi connectivity index (χ3v) is 3.78. The summed E-state index contributed by atoms with van der Waals surface area (Å²) in [6.45, 7) is 2.24. The Hall–Kier alpha value is -2.41. The van der Waals surface area contributed by atoms with Crippen LogP contribution in [-0.2, 0) is 0 Å². The van der Waals surface area contributed by atoms with E-state index in [9.17, 15) is 14.0 Å². The van der Waals surface area contributed by atoms with Crippen LogP contribution in [0.25, 0.3) is 11.1 Å². The molecule has 0 saturated carbocycles. The van der Waals surface area contributed by atoms with E-state index in [1.54, 1.807) is 6.07 Å². The Morgan fingerprint density at radius 1 is 1.12 bits per heavy atom. The van der Waals surface area contributed by atoms with Gasteiger partial charge in [-0.2, -0.15) is 0 Å². The molecule has 2 aromatic rings. The van der Waals surface area contributed by atoms with Crippen LogP contribution in [0.15, 0.2) is 34.8 Å². The third kappa shape index (κ3) is 3.56. The molecule has 2 amide bonds. The third-order valence-electron chi connectivity index (χ3n) is 3.33. The van der Waals surface area contributed by atoms with Gasteiger partial charge < -0.3 is 16.2 Å². The Balaban J connectivity index is 2.85. The number of hydrogen-bond donors (Lipinski definition) is 2. The minimum Gasteiger partial charge on any atom is -0.493 e. The fourth-order valence-electron chi connectivity index (χ4n) is 2.35. The van der Waals surface area contributed by atoms with Gasteiger partial charge in [0.1, 0.15) is 11.6 Å². The van der Waals surface area contributed by atoms with Gasteiger partial charge in [-0.05, 0) is 30.7 Å². The highest BCUT2D eigenvalue weighted by atomic mass is 79.9. The monoisotopic (exact) mass is 394 g/mol. The van der Waals surface area contributed by atoms with Crippen LogP contribution in [0.3, 0.4) is 0 Å². The summed E-state index contributed by atoms with van der Waals surface area (Å²) >= 11 is 3.20. The number of benzene rings is 2. The SMILES string of the molecule is CCCOc1cc(Br)cc(F)c1-c1c(C(N)=O)cccc1C(N)=O. The quantitative estimate of drug-likeness (QED) is 0.786. The lowest BCUT2D eigenvalue weighted by molar-refractivity contribution is 0.0999. The molecule has 0 saturated heterocycles. The second-order valence-electron chi connectivity index (χ2n) is 5.07. The van der Waals surface area contributed by atoms with Crippen molar-refractivity contribution in [2.24, 2.45) is 11.5 Å². The zero-order chi connectivity index (χ0) is 17.9. The molecule has 0 aliphatic rings. The number of nitrogens with two attached hydrogens (primary N) is 2. The van der Waals surface area contributed by atoms with E-state index >= 15 is 0 Å². The van der Waals surface area contributed by atoms with Crippen molar-refractivity contribution in [3.8, 4) is 16.9 Å². The number of amides is 2. The molecule has 0 unspecified atom stereocenters. The number of hydrogen-bond acceptors (Lipinski definition) is 3. The molecule has 2 aromatic carbocycles. The summed E-state index contributed by atoms with van der Waals surface area (Å²) in [5.74, 6) is -2.06. The summed E-state index contributed by atoms with van der Waals surface area (Å²) in [4.78, 5) is 23.5. The van der Waals surface area contributed by atoms with Crippen LogP contribution in [0.4, 0.5) is 4.39 Å². The van der Waals surface area contributed by atoms with Crippen molar-refractivity contribution in [3.05, 3.63) is 51.7 Å². The summed E-state index contributed by atoms with van der Waals surface area (Å²) in [7, 11) is 0. The van der Waals surface area contributed by atoms with Crippen molar-refractivity contribution in [1.29, 1.82) is 0 Å². The number of primary amides is 2. The lowest BCUT2D eigenvalue weighted by Crippen LogP contribution is -2.18. The van der Waals surface area contributed by atoms with Crippen LogP contribution < -0.4 is 16.2 Å². The normalized spacial score (nSPS) is 10.5. The molecule has 4 N–H and O–H groups in total. The summed E-state index contributed by atoms with van der Waals surface area (Å²) < 4.78 is 20.8. The van der Waals surface area contributed by atoms with Gasteiger partial charge >= 0.3 is 0 Å². The van der Waals surface area contributed by atoms with Gasteiger partial charge in [0.15, 0.2) is 0 Å². The molecular formula is C17H16BrFN2O3. The van der Waals surface area contributed by atoms with Crippen LogP contribution in [0.2, 0.25) is 0 Å². The summed E-state index contributed by atoms with van der Waals surface area (Å²) in [6, 6.07) is 7.07. The van der Waals surface area contributed by atoms with Crippen LogP contribution >= 0.6 is 15.9 Å². The molecule has 7 heteroatoms. The van der Waals surface area contributed by atoms with E-state index in [-0.39, 0.29) is 28.0 Å². The zero-order valence-corrected chi connectivity index (χ0v) is 14.5. The number of carbonyl (C=O) groups is 2. The molecule has 0 spiro atoms. The summed E-state index contributed by atoms with van der Waals surface area (Å²) in [5.41, 5.74) is 10.8. The molecule has 0 heterocycles. The molecule has 2 rings (SSSR count). The highest BCUT2D eigenvalue weighted by molar-refractivity contribution is 9.10. The van der Waals surface area contributed by atoms with Gasteiger partial charge in [0.2, 0.25) is 11.8 Å². The van der Waals surface area contributed by atoms with Crippen LogP contribution in [-0.4, -0.2) is 18.4 Å². The highest BCUT2D eigenvalue weighted by Crippen LogP contribution is 2.39. The van der Waals surface area contributed by atoms with E-state index in [4.69, 9.17) is 16.2 Å². The second-order valence-corrected chi connectivity index (χ2v) is 5.98. The Morgan fingerprint density at radius 3 is 2.21 bits per heavy atom. The van der Waals surface area contributed by atoms with Gasteiger partial charge in [-0.15, -0.1) is 0 Å². The Kier molecular flexibility index (Phi) is 5.56. The van der Waals surface area contributed by atoms with E-state index < -0.39 is 17.6 Å². The molecule has 0 aliphatic carbocycles. The van der Waals surface area contributed by atoms with E-state index in [0.29, 0.717) is 17.5 Å². The Morgan fingerprint density at radius 2 is 1.71 bits per heavy atom. The minimum absolute atomic E-state index is 0.00568. The molecule has 0 aromatic heterocycles. The average Bonchev–Trinajstić information content (AvgIpc) is 2.51. The minimum atomic E-state index is -0.795. The molecule has 126 valence electrons. The Labute approximate surface area is 146 Å². The fourth-order valence-corrected chi connectivity index (χ4v) is 2.76. The predicted octanol–water partition coefficient (Wildman–Crippen LogP) is 3.24. The van der Waals surface area contributed by atoms with Crippen molar-refractivity contribution >= 4 is 27.7 Å². The molecular weight excluding hydrogens is 379 g/mol. The smallest absolute Gasteiger partial charge is 0.249 e. The van der Waals surface area contributed by atoms with Gasteiger partial charge in [0.05, 0.1) is 12.2 Å². The first-order chi connectivity index (χ1) is 11.4.